The van der Waals surface area contributed by atoms with Crippen LogP contribution in [0.4, 0.5) is 5.69 Å². The molecule has 1 aliphatic heterocycles. The number of thiazole rings is 1. The lowest BCUT2D eigenvalue weighted by molar-refractivity contribution is 0.174. The summed E-state index contributed by atoms with van der Waals surface area (Å²) in [7, 11) is 0. The van der Waals surface area contributed by atoms with E-state index in [9.17, 15) is 0 Å². The summed E-state index contributed by atoms with van der Waals surface area (Å²) in [6.45, 7) is 2.43. The molecule has 1 aromatic heterocycles. The molecule has 1 atom stereocenters. The summed E-state index contributed by atoms with van der Waals surface area (Å²) in [6.07, 6.45) is 1.83. The van der Waals surface area contributed by atoms with Crippen molar-refractivity contribution in [2.24, 2.45) is 0 Å². The first-order valence-corrected chi connectivity index (χ1v) is 8.33. The molecule has 1 N–H and O–H groups in total. The standard InChI is InChI=1S/C18H16N2O2S/c1-12(13-5-6-16-17(10-13)22-11-21-16)20-15-4-2-3-14(9-15)18-19-7-8-23-18/h2-10,12,20H,11H2,1H3. The number of hydrogen-bond donors (Lipinski definition) is 1. The maximum absolute atomic E-state index is 5.45. The summed E-state index contributed by atoms with van der Waals surface area (Å²) >= 11 is 1.64. The number of ether oxygens (including phenoxy) is 2. The molecule has 2 aromatic carbocycles. The molecule has 1 unspecified atom stereocenters. The molecule has 1 aliphatic rings. The van der Waals surface area contributed by atoms with Gasteiger partial charge in [-0.1, -0.05) is 18.2 Å². The summed E-state index contributed by atoms with van der Waals surface area (Å²) in [6, 6.07) is 14.5. The van der Waals surface area contributed by atoms with Crippen LogP contribution in [0.2, 0.25) is 0 Å². The minimum atomic E-state index is 0.163. The Morgan fingerprint density at radius 1 is 1.13 bits per heavy atom. The third kappa shape index (κ3) is 2.87. The summed E-state index contributed by atoms with van der Waals surface area (Å²) < 4.78 is 10.8. The third-order valence-electron chi connectivity index (χ3n) is 3.82. The van der Waals surface area contributed by atoms with Gasteiger partial charge in [-0.2, -0.15) is 0 Å². The zero-order valence-electron chi connectivity index (χ0n) is 12.7. The van der Waals surface area contributed by atoms with Crippen molar-refractivity contribution in [3.63, 3.8) is 0 Å². The van der Waals surface area contributed by atoms with Gasteiger partial charge in [-0.05, 0) is 36.8 Å². The second kappa shape index (κ2) is 5.93. The van der Waals surface area contributed by atoms with Crippen LogP contribution in [0.25, 0.3) is 10.6 Å². The van der Waals surface area contributed by atoms with Crippen LogP contribution < -0.4 is 14.8 Å². The van der Waals surface area contributed by atoms with Crippen molar-refractivity contribution in [2.75, 3.05) is 12.1 Å². The Morgan fingerprint density at radius 3 is 2.91 bits per heavy atom. The molecule has 3 aromatic rings. The average molecular weight is 324 g/mol. The van der Waals surface area contributed by atoms with E-state index in [2.05, 4.69) is 41.5 Å². The molecular formula is C18H16N2O2S. The number of benzene rings is 2. The van der Waals surface area contributed by atoms with Crippen molar-refractivity contribution >= 4 is 17.0 Å². The molecule has 0 saturated heterocycles. The SMILES string of the molecule is CC(Nc1cccc(-c2nccs2)c1)c1ccc2c(c1)OCO2. The maximum atomic E-state index is 5.45. The molecule has 5 heteroatoms. The average Bonchev–Trinajstić information content (AvgIpc) is 3.26. The monoisotopic (exact) mass is 324 g/mol. The van der Waals surface area contributed by atoms with Gasteiger partial charge >= 0.3 is 0 Å². The van der Waals surface area contributed by atoms with Crippen molar-refractivity contribution in [2.45, 2.75) is 13.0 Å². The summed E-state index contributed by atoms with van der Waals surface area (Å²) in [4.78, 5) is 4.36. The van der Waals surface area contributed by atoms with E-state index in [0.29, 0.717) is 6.79 Å². The minimum absolute atomic E-state index is 0.163. The zero-order valence-corrected chi connectivity index (χ0v) is 13.5. The fraction of sp³-hybridized carbons (Fsp3) is 0.167. The first-order chi connectivity index (χ1) is 11.3. The Labute approximate surface area is 138 Å². The maximum Gasteiger partial charge on any atom is 0.231 e. The fourth-order valence-electron chi connectivity index (χ4n) is 2.62. The summed E-state index contributed by atoms with van der Waals surface area (Å²) in [5.41, 5.74) is 3.36. The second-order valence-corrected chi connectivity index (χ2v) is 6.29. The van der Waals surface area contributed by atoms with Gasteiger partial charge in [0.05, 0.1) is 0 Å². The van der Waals surface area contributed by atoms with E-state index in [-0.39, 0.29) is 6.04 Å². The topological polar surface area (TPSA) is 43.4 Å². The van der Waals surface area contributed by atoms with Crippen LogP contribution >= 0.6 is 11.3 Å². The molecule has 0 bridgehead atoms. The minimum Gasteiger partial charge on any atom is -0.454 e. The predicted molar refractivity (Wildman–Crippen MR) is 92.2 cm³/mol. The van der Waals surface area contributed by atoms with Crippen molar-refractivity contribution in [3.8, 4) is 22.1 Å². The number of rotatable bonds is 4. The molecule has 2 heterocycles. The first kappa shape index (κ1) is 14.1. The highest BCUT2D eigenvalue weighted by Gasteiger charge is 2.15. The van der Waals surface area contributed by atoms with Gasteiger partial charge in [-0.25, -0.2) is 4.98 Å². The van der Waals surface area contributed by atoms with E-state index >= 15 is 0 Å². The van der Waals surface area contributed by atoms with E-state index in [0.717, 1.165) is 33.3 Å². The highest BCUT2D eigenvalue weighted by Crippen LogP contribution is 2.35. The number of nitrogens with one attached hydrogen (secondary N) is 1. The Bertz CT molecular complexity index is 818. The van der Waals surface area contributed by atoms with Crippen LogP contribution in [-0.2, 0) is 0 Å². The molecule has 0 spiro atoms. The van der Waals surface area contributed by atoms with Gasteiger partial charge in [0, 0.05) is 28.9 Å². The van der Waals surface area contributed by atoms with Gasteiger partial charge < -0.3 is 14.8 Å². The lowest BCUT2D eigenvalue weighted by Gasteiger charge is -2.16. The van der Waals surface area contributed by atoms with E-state index < -0.39 is 0 Å². The van der Waals surface area contributed by atoms with Gasteiger partial charge in [0.2, 0.25) is 6.79 Å². The van der Waals surface area contributed by atoms with Crippen molar-refractivity contribution in [3.05, 3.63) is 59.6 Å². The van der Waals surface area contributed by atoms with Crippen LogP contribution in [-0.4, -0.2) is 11.8 Å². The molecule has 0 radical (unpaired) electrons. The van der Waals surface area contributed by atoms with Crippen molar-refractivity contribution < 1.29 is 9.47 Å². The molecule has 0 amide bonds. The van der Waals surface area contributed by atoms with E-state index in [1.54, 1.807) is 11.3 Å². The van der Waals surface area contributed by atoms with Crippen molar-refractivity contribution in [1.29, 1.82) is 0 Å². The lowest BCUT2D eigenvalue weighted by Crippen LogP contribution is -2.06. The van der Waals surface area contributed by atoms with E-state index in [4.69, 9.17) is 9.47 Å². The fourth-order valence-corrected chi connectivity index (χ4v) is 3.26. The normalized spacial score (nSPS) is 13.8. The lowest BCUT2D eigenvalue weighted by atomic mass is 10.1. The molecule has 0 saturated carbocycles. The Hall–Kier alpha value is -2.53. The molecule has 116 valence electrons. The second-order valence-electron chi connectivity index (χ2n) is 5.40. The summed E-state index contributed by atoms with van der Waals surface area (Å²) in [5, 5.41) is 6.55. The van der Waals surface area contributed by atoms with Gasteiger partial charge in [0.15, 0.2) is 11.5 Å². The Kier molecular flexibility index (Phi) is 3.63. The van der Waals surface area contributed by atoms with E-state index in [1.165, 1.54) is 0 Å². The highest BCUT2D eigenvalue weighted by atomic mass is 32.1. The quantitative estimate of drug-likeness (QED) is 0.754. The number of anilines is 1. The Balaban J connectivity index is 1.54. The number of aromatic nitrogens is 1. The predicted octanol–water partition coefficient (Wildman–Crippen LogP) is 4.71. The van der Waals surface area contributed by atoms with Gasteiger partial charge in [-0.15, -0.1) is 11.3 Å². The molecule has 0 aliphatic carbocycles. The molecule has 0 fully saturated rings. The summed E-state index contributed by atoms with van der Waals surface area (Å²) in [5.74, 6) is 1.62. The first-order valence-electron chi connectivity index (χ1n) is 7.45. The van der Waals surface area contributed by atoms with Gasteiger partial charge in [0.25, 0.3) is 0 Å². The molecule has 23 heavy (non-hydrogen) atoms. The largest absolute Gasteiger partial charge is 0.454 e. The molecule has 4 rings (SSSR count). The molecule has 4 nitrogen and oxygen atoms in total. The van der Waals surface area contributed by atoms with Crippen LogP contribution in [0.1, 0.15) is 18.5 Å². The van der Waals surface area contributed by atoms with Gasteiger partial charge in [-0.3, -0.25) is 0 Å². The zero-order chi connectivity index (χ0) is 15.6. The van der Waals surface area contributed by atoms with Crippen LogP contribution in [0, 0.1) is 0 Å². The van der Waals surface area contributed by atoms with Crippen LogP contribution in [0.5, 0.6) is 11.5 Å². The number of hydrogen-bond acceptors (Lipinski definition) is 5. The van der Waals surface area contributed by atoms with Crippen LogP contribution in [0.15, 0.2) is 54.0 Å². The van der Waals surface area contributed by atoms with Crippen LogP contribution in [0.3, 0.4) is 0 Å². The van der Waals surface area contributed by atoms with Gasteiger partial charge in [0.1, 0.15) is 5.01 Å². The Morgan fingerprint density at radius 2 is 2.04 bits per heavy atom. The smallest absolute Gasteiger partial charge is 0.231 e. The van der Waals surface area contributed by atoms with E-state index in [1.807, 2.05) is 29.8 Å². The van der Waals surface area contributed by atoms with Crippen molar-refractivity contribution in [1.82, 2.24) is 4.98 Å². The highest BCUT2D eigenvalue weighted by molar-refractivity contribution is 7.13. The molecular weight excluding hydrogens is 308 g/mol. The third-order valence-corrected chi connectivity index (χ3v) is 4.64. The number of fused-ring (bicyclic) bond motifs is 1. The number of nitrogens with zero attached hydrogens (tertiary/aromatic N) is 1.